The molecule has 134 valence electrons. The first kappa shape index (κ1) is 17.6. The number of hydrogen-bond acceptors (Lipinski definition) is 6. The van der Waals surface area contributed by atoms with Crippen LogP contribution in [0.25, 0.3) is 0 Å². The van der Waals surface area contributed by atoms with E-state index in [1.54, 1.807) is 12.1 Å². The highest BCUT2D eigenvalue weighted by Gasteiger charge is 2.23. The number of hydrogen-bond donors (Lipinski definition) is 1. The SMILES string of the molecule is CCOc1ncnc2c1CN(C[C@H](O)COc1ccc(F)cc1)CC2. The lowest BCUT2D eigenvalue weighted by atomic mass is 10.1. The molecular weight excluding hydrogens is 325 g/mol. The lowest BCUT2D eigenvalue weighted by molar-refractivity contribution is 0.0629. The third kappa shape index (κ3) is 4.64. The smallest absolute Gasteiger partial charge is 0.221 e. The average molecular weight is 347 g/mol. The van der Waals surface area contributed by atoms with Gasteiger partial charge in [-0.3, -0.25) is 4.90 Å². The van der Waals surface area contributed by atoms with E-state index in [1.807, 2.05) is 6.92 Å². The second-order valence-corrected chi connectivity index (χ2v) is 5.94. The first-order valence-electron chi connectivity index (χ1n) is 8.40. The molecule has 1 aliphatic rings. The molecule has 1 aromatic carbocycles. The Morgan fingerprint density at radius 1 is 1.24 bits per heavy atom. The Morgan fingerprint density at radius 3 is 2.80 bits per heavy atom. The standard InChI is InChI=1S/C18H22FN3O3/c1-2-24-18-16-10-22(8-7-17(16)20-12-21-18)9-14(23)11-25-15-5-3-13(19)4-6-15/h3-6,12,14,23H,2,7-11H2,1H3/t14-/m0/s1. The van der Waals surface area contributed by atoms with Gasteiger partial charge in [-0.1, -0.05) is 0 Å². The highest BCUT2D eigenvalue weighted by Crippen LogP contribution is 2.24. The molecular formula is C18H22FN3O3. The van der Waals surface area contributed by atoms with Gasteiger partial charge in [0.2, 0.25) is 5.88 Å². The summed E-state index contributed by atoms with van der Waals surface area (Å²) >= 11 is 0. The average Bonchev–Trinajstić information content (AvgIpc) is 2.62. The van der Waals surface area contributed by atoms with Crippen LogP contribution < -0.4 is 9.47 Å². The summed E-state index contributed by atoms with van der Waals surface area (Å²) in [6.07, 6.45) is 1.68. The second kappa shape index (κ2) is 8.22. The number of halogens is 1. The number of ether oxygens (including phenoxy) is 2. The van der Waals surface area contributed by atoms with Gasteiger partial charge in [0, 0.05) is 31.6 Å². The summed E-state index contributed by atoms with van der Waals surface area (Å²) in [5.74, 6) is 0.845. The van der Waals surface area contributed by atoms with Gasteiger partial charge in [-0.05, 0) is 31.2 Å². The molecule has 6 nitrogen and oxygen atoms in total. The molecule has 1 atom stereocenters. The molecule has 0 saturated carbocycles. The molecule has 0 amide bonds. The Balaban J connectivity index is 1.54. The molecule has 1 N–H and O–H groups in total. The molecule has 0 radical (unpaired) electrons. The van der Waals surface area contributed by atoms with Gasteiger partial charge in [0.25, 0.3) is 0 Å². The van der Waals surface area contributed by atoms with Crippen molar-refractivity contribution < 1.29 is 19.0 Å². The van der Waals surface area contributed by atoms with Crippen LogP contribution in [0, 0.1) is 5.82 Å². The summed E-state index contributed by atoms with van der Waals surface area (Å²) in [5, 5.41) is 10.2. The van der Waals surface area contributed by atoms with Crippen LogP contribution in [0.3, 0.4) is 0 Å². The van der Waals surface area contributed by atoms with E-state index in [-0.39, 0.29) is 12.4 Å². The van der Waals surface area contributed by atoms with Gasteiger partial charge in [-0.2, -0.15) is 0 Å². The van der Waals surface area contributed by atoms with Crippen LogP contribution >= 0.6 is 0 Å². The first-order valence-corrected chi connectivity index (χ1v) is 8.40. The monoisotopic (exact) mass is 347 g/mol. The van der Waals surface area contributed by atoms with E-state index in [0.717, 1.165) is 24.2 Å². The van der Waals surface area contributed by atoms with E-state index in [9.17, 15) is 9.50 Å². The Labute approximate surface area is 146 Å². The highest BCUT2D eigenvalue weighted by atomic mass is 19.1. The van der Waals surface area contributed by atoms with Gasteiger partial charge in [-0.15, -0.1) is 0 Å². The molecule has 0 bridgehead atoms. The van der Waals surface area contributed by atoms with Crippen molar-refractivity contribution in [1.82, 2.24) is 14.9 Å². The van der Waals surface area contributed by atoms with Crippen molar-refractivity contribution in [1.29, 1.82) is 0 Å². The largest absolute Gasteiger partial charge is 0.491 e. The Hall–Kier alpha value is -2.25. The molecule has 0 unspecified atom stereocenters. The maximum absolute atomic E-state index is 12.9. The van der Waals surface area contributed by atoms with Crippen molar-refractivity contribution in [3.8, 4) is 11.6 Å². The van der Waals surface area contributed by atoms with E-state index >= 15 is 0 Å². The molecule has 0 aliphatic carbocycles. The van der Waals surface area contributed by atoms with E-state index in [0.29, 0.717) is 31.3 Å². The number of aromatic nitrogens is 2. The zero-order valence-electron chi connectivity index (χ0n) is 14.2. The van der Waals surface area contributed by atoms with Crippen molar-refractivity contribution in [2.45, 2.75) is 26.0 Å². The molecule has 3 rings (SSSR count). The van der Waals surface area contributed by atoms with Crippen LogP contribution in [0.4, 0.5) is 4.39 Å². The molecule has 25 heavy (non-hydrogen) atoms. The number of benzene rings is 1. The summed E-state index contributed by atoms with van der Waals surface area (Å²) in [6, 6.07) is 5.76. The van der Waals surface area contributed by atoms with Crippen LogP contribution in [0.2, 0.25) is 0 Å². The predicted octanol–water partition coefficient (Wildman–Crippen LogP) is 1.81. The quantitative estimate of drug-likeness (QED) is 0.824. The van der Waals surface area contributed by atoms with E-state index in [1.165, 1.54) is 18.5 Å². The van der Waals surface area contributed by atoms with E-state index in [2.05, 4.69) is 14.9 Å². The first-order chi connectivity index (χ1) is 12.2. The van der Waals surface area contributed by atoms with Crippen molar-refractivity contribution >= 4 is 0 Å². The van der Waals surface area contributed by atoms with Crippen LogP contribution in [0.1, 0.15) is 18.2 Å². The van der Waals surface area contributed by atoms with Crippen LogP contribution in [-0.2, 0) is 13.0 Å². The molecule has 2 aromatic rings. The Bertz CT molecular complexity index is 696. The minimum atomic E-state index is -0.647. The van der Waals surface area contributed by atoms with Gasteiger partial charge in [0.05, 0.1) is 12.3 Å². The topological polar surface area (TPSA) is 67.7 Å². The number of fused-ring (bicyclic) bond motifs is 1. The third-order valence-electron chi connectivity index (χ3n) is 4.05. The normalized spacial score (nSPS) is 15.5. The number of aliphatic hydroxyl groups excluding tert-OH is 1. The predicted molar refractivity (Wildman–Crippen MR) is 90.1 cm³/mol. The van der Waals surface area contributed by atoms with Crippen molar-refractivity contribution in [3.05, 3.63) is 47.7 Å². The summed E-state index contributed by atoms with van der Waals surface area (Å²) in [6.45, 7) is 4.55. The second-order valence-electron chi connectivity index (χ2n) is 5.94. The fraction of sp³-hybridized carbons (Fsp3) is 0.444. The van der Waals surface area contributed by atoms with Crippen LogP contribution in [0.5, 0.6) is 11.6 Å². The molecule has 0 spiro atoms. The molecule has 1 aromatic heterocycles. The van der Waals surface area contributed by atoms with Crippen LogP contribution in [0.15, 0.2) is 30.6 Å². The maximum atomic E-state index is 12.9. The van der Waals surface area contributed by atoms with Gasteiger partial charge in [0.15, 0.2) is 0 Å². The van der Waals surface area contributed by atoms with Gasteiger partial charge < -0.3 is 14.6 Å². The minimum Gasteiger partial charge on any atom is -0.491 e. The van der Waals surface area contributed by atoms with Gasteiger partial charge in [-0.25, -0.2) is 14.4 Å². The zero-order valence-corrected chi connectivity index (χ0v) is 14.2. The van der Waals surface area contributed by atoms with E-state index in [4.69, 9.17) is 9.47 Å². The fourth-order valence-electron chi connectivity index (χ4n) is 2.86. The molecule has 0 fully saturated rings. The summed E-state index contributed by atoms with van der Waals surface area (Å²) in [4.78, 5) is 10.7. The number of nitrogens with zero attached hydrogens (tertiary/aromatic N) is 3. The Kier molecular flexibility index (Phi) is 5.78. The number of rotatable bonds is 7. The van der Waals surface area contributed by atoms with Crippen molar-refractivity contribution in [2.24, 2.45) is 0 Å². The maximum Gasteiger partial charge on any atom is 0.221 e. The molecule has 0 saturated heterocycles. The van der Waals surface area contributed by atoms with E-state index < -0.39 is 6.10 Å². The lowest BCUT2D eigenvalue weighted by Crippen LogP contribution is -2.39. The third-order valence-corrected chi connectivity index (χ3v) is 4.05. The number of β-amino-alcohol motifs (C(OH)–C–C–N with tert-alkyl or cyclic N) is 1. The summed E-state index contributed by atoms with van der Waals surface area (Å²) in [7, 11) is 0. The van der Waals surface area contributed by atoms with Gasteiger partial charge in [0.1, 0.15) is 30.6 Å². The fourth-order valence-corrected chi connectivity index (χ4v) is 2.86. The van der Waals surface area contributed by atoms with Crippen LogP contribution in [-0.4, -0.2) is 52.4 Å². The lowest BCUT2D eigenvalue weighted by Gasteiger charge is -2.30. The molecule has 7 heteroatoms. The molecule has 2 heterocycles. The zero-order chi connectivity index (χ0) is 17.6. The summed E-state index contributed by atoms with van der Waals surface area (Å²) < 4.78 is 24.0. The summed E-state index contributed by atoms with van der Waals surface area (Å²) in [5.41, 5.74) is 1.99. The Morgan fingerprint density at radius 2 is 2.04 bits per heavy atom. The van der Waals surface area contributed by atoms with Gasteiger partial charge >= 0.3 is 0 Å². The molecule has 1 aliphatic heterocycles. The van der Waals surface area contributed by atoms with Crippen molar-refractivity contribution in [2.75, 3.05) is 26.3 Å². The van der Waals surface area contributed by atoms with Crippen molar-refractivity contribution in [3.63, 3.8) is 0 Å². The highest BCUT2D eigenvalue weighted by molar-refractivity contribution is 5.31. The minimum absolute atomic E-state index is 0.151. The number of aliphatic hydroxyl groups is 1.